The average molecular weight is 384 g/mol. The Hall–Kier alpha value is -2.11. The van der Waals surface area contributed by atoms with Gasteiger partial charge in [-0.3, -0.25) is 4.79 Å². The molecule has 0 radical (unpaired) electrons. The lowest BCUT2D eigenvalue weighted by Crippen LogP contribution is -2.42. The summed E-state index contributed by atoms with van der Waals surface area (Å²) in [4.78, 5) is 17.6. The van der Waals surface area contributed by atoms with E-state index < -0.39 is 0 Å². The first-order valence-corrected chi connectivity index (χ1v) is 10.5. The van der Waals surface area contributed by atoms with Crippen LogP contribution in [0.15, 0.2) is 47.2 Å². The molecular formula is C21H21NO2S2. The van der Waals surface area contributed by atoms with Crippen molar-refractivity contribution in [2.45, 2.75) is 26.3 Å². The van der Waals surface area contributed by atoms with Crippen LogP contribution in [-0.2, 0) is 11.2 Å². The number of aryl methyl sites for hydroxylation is 1. The molecule has 2 aromatic heterocycles. The molecule has 134 valence electrons. The van der Waals surface area contributed by atoms with Crippen LogP contribution in [0.4, 0.5) is 0 Å². The Morgan fingerprint density at radius 3 is 2.85 bits per heavy atom. The predicted octanol–water partition coefficient (Wildman–Crippen LogP) is 4.98. The monoisotopic (exact) mass is 383 g/mol. The molecule has 0 unspecified atom stereocenters. The molecule has 26 heavy (non-hydrogen) atoms. The van der Waals surface area contributed by atoms with Gasteiger partial charge in [-0.1, -0.05) is 18.2 Å². The fourth-order valence-electron chi connectivity index (χ4n) is 3.44. The number of amides is 1. The summed E-state index contributed by atoms with van der Waals surface area (Å²) >= 11 is 3.50. The van der Waals surface area contributed by atoms with E-state index in [4.69, 9.17) is 4.74 Å². The molecular weight excluding hydrogens is 362 g/mol. The molecule has 1 aliphatic rings. The van der Waals surface area contributed by atoms with Gasteiger partial charge in [-0.05, 0) is 65.9 Å². The van der Waals surface area contributed by atoms with Crippen LogP contribution in [0, 0.1) is 13.8 Å². The highest BCUT2D eigenvalue weighted by atomic mass is 32.1. The number of rotatable bonds is 4. The van der Waals surface area contributed by atoms with Crippen molar-refractivity contribution in [1.82, 2.24) is 4.90 Å². The molecule has 3 heterocycles. The first-order chi connectivity index (χ1) is 12.6. The fraction of sp³-hybridized carbons (Fsp3) is 0.286. The molecule has 3 aromatic rings. The van der Waals surface area contributed by atoms with Gasteiger partial charge in [0, 0.05) is 16.3 Å². The lowest BCUT2D eigenvalue weighted by atomic mass is 9.98. The van der Waals surface area contributed by atoms with Gasteiger partial charge in [0.15, 0.2) is 6.61 Å². The number of nitrogens with zero attached hydrogens (tertiary/aromatic N) is 1. The maximum atomic E-state index is 13.0. The summed E-state index contributed by atoms with van der Waals surface area (Å²) in [5.41, 5.74) is 3.53. The number of hydrogen-bond acceptors (Lipinski definition) is 4. The number of thiophene rings is 2. The van der Waals surface area contributed by atoms with E-state index in [2.05, 4.69) is 41.9 Å². The molecule has 4 rings (SSSR count). The molecule has 0 spiro atoms. The molecule has 1 aromatic carbocycles. The third kappa shape index (κ3) is 3.17. The average Bonchev–Trinajstić information content (AvgIpc) is 3.33. The van der Waals surface area contributed by atoms with Gasteiger partial charge in [0.05, 0.1) is 6.04 Å². The molecule has 1 atom stereocenters. The Labute approximate surface area is 161 Å². The van der Waals surface area contributed by atoms with Crippen molar-refractivity contribution >= 4 is 28.6 Å². The van der Waals surface area contributed by atoms with E-state index in [1.807, 2.05) is 24.0 Å². The summed E-state index contributed by atoms with van der Waals surface area (Å²) in [5, 5.41) is 4.21. The maximum absolute atomic E-state index is 13.0. The number of fused-ring (bicyclic) bond motifs is 1. The second kappa shape index (κ2) is 7.25. The number of carbonyl (C=O) groups is 1. The minimum absolute atomic E-state index is 0.0136. The molecule has 3 nitrogen and oxygen atoms in total. The van der Waals surface area contributed by atoms with Crippen LogP contribution in [0.25, 0.3) is 0 Å². The van der Waals surface area contributed by atoms with Crippen LogP contribution in [0.1, 0.15) is 32.5 Å². The van der Waals surface area contributed by atoms with Crippen molar-refractivity contribution in [1.29, 1.82) is 0 Å². The van der Waals surface area contributed by atoms with Crippen molar-refractivity contribution in [3.63, 3.8) is 0 Å². The molecule has 0 N–H and O–H groups in total. The highest BCUT2D eigenvalue weighted by Crippen LogP contribution is 2.39. The first kappa shape index (κ1) is 17.3. The van der Waals surface area contributed by atoms with E-state index in [1.54, 1.807) is 22.7 Å². The van der Waals surface area contributed by atoms with Gasteiger partial charge in [0.1, 0.15) is 5.75 Å². The van der Waals surface area contributed by atoms with E-state index >= 15 is 0 Å². The quantitative estimate of drug-likeness (QED) is 0.636. The molecule has 0 aliphatic carbocycles. The van der Waals surface area contributed by atoms with Crippen LogP contribution in [-0.4, -0.2) is 24.0 Å². The van der Waals surface area contributed by atoms with E-state index in [1.165, 1.54) is 20.9 Å². The third-order valence-corrected chi connectivity index (χ3v) is 6.93. The number of hydrogen-bond donors (Lipinski definition) is 0. The van der Waals surface area contributed by atoms with Gasteiger partial charge >= 0.3 is 0 Å². The second-order valence-corrected chi connectivity index (χ2v) is 8.52. The summed E-state index contributed by atoms with van der Waals surface area (Å²) in [6.07, 6.45) is 0.921. The van der Waals surface area contributed by atoms with Gasteiger partial charge in [-0.25, -0.2) is 0 Å². The van der Waals surface area contributed by atoms with Crippen molar-refractivity contribution in [3.8, 4) is 5.75 Å². The van der Waals surface area contributed by atoms with E-state index in [-0.39, 0.29) is 18.6 Å². The minimum atomic E-state index is 0.0136. The lowest BCUT2D eigenvalue weighted by molar-refractivity contribution is -0.135. The molecule has 1 amide bonds. The van der Waals surface area contributed by atoms with Crippen molar-refractivity contribution in [2.24, 2.45) is 0 Å². The normalized spacial score (nSPS) is 16.4. The topological polar surface area (TPSA) is 29.5 Å². The fourth-order valence-corrected chi connectivity index (χ4v) is 5.20. The van der Waals surface area contributed by atoms with Crippen LogP contribution < -0.4 is 4.74 Å². The summed E-state index contributed by atoms with van der Waals surface area (Å²) in [5.74, 6) is 0.834. The van der Waals surface area contributed by atoms with Crippen molar-refractivity contribution < 1.29 is 9.53 Å². The summed E-state index contributed by atoms with van der Waals surface area (Å²) in [6, 6.07) is 12.3. The van der Waals surface area contributed by atoms with Gasteiger partial charge in [-0.15, -0.1) is 22.7 Å². The summed E-state index contributed by atoms with van der Waals surface area (Å²) in [7, 11) is 0. The zero-order chi connectivity index (χ0) is 18.1. The zero-order valence-corrected chi connectivity index (χ0v) is 16.5. The van der Waals surface area contributed by atoms with E-state index in [0.717, 1.165) is 24.3 Å². The third-order valence-electron chi connectivity index (χ3n) is 5.01. The number of ether oxygens (including phenoxy) is 1. The standard InChI is InChI=1S/C21H21NO2S2/c1-14-5-3-6-17(15(14)2)24-13-20(23)22-10-8-18-16(9-12-26-18)21(22)19-7-4-11-25-19/h3-7,9,11-12,21H,8,10,13H2,1-2H3/t21-/m1/s1. The smallest absolute Gasteiger partial charge is 0.261 e. The van der Waals surface area contributed by atoms with Crippen LogP contribution in [0.3, 0.4) is 0 Å². The zero-order valence-electron chi connectivity index (χ0n) is 14.9. The Bertz CT molecular complexity index is 914. The van der Waals surface area contributed by atoms with Gasteiger partial charge < -0.3 is 9.64 Å². The van der Waals surface area contributed by atoms with E-state index in [0.29, 0.717) is 0 Å². The van der Waals surface area contributed by atoms with Gasteiger partial charge in [0.2, 0.25) is 0 Å². The summed E-state index contributed by atoms with van der Waals surface area (Å²) in [6.45, 7) is 4.90. The molecule has 0 saturated carbocycles. The van der Waals surface area contributed by atoms with Crippen LogP contribution >= 0.6 is 22.7 Å². The first-order valence-electron chi connectivity index (χ1n) is 8.73. The molecule has 5 heteroatoms. The SMILES string of the molecule is Cc1cccc(OCC(=O)N2CCc3sccc3[C@@H]2c2cccs2)c1C. The molecule has 0 bridgehead atoms. The maximum Gasteiger partial charge on any atom is 0.261 e. The molecule has 0 saturated heterocycles. The number of benzene rings is 1. The highest BCUT2D eigenvalue weighted by Gasteiger charge is 2.33. The highest BCUT2D eigenvalue weighted by molar-refractivity contribution is 7.10. The summed E-state index contributed by atoms with van der Waals surface area (Å²) < 4.78 is 5.88. The van der Waals surface area contributed by atoms with Crippen LogP contribution in [0.5, 0.6) is 5.75 Å². The Morgan fingerprint density at radius 2 is 2.04 bits per heavy atom. The van der Waals surface area contributed by atoms with Crippen molar-refractivity contribution in [2.75, 3.05) is 13.2 Å². The lowest BCUT2D eigenvalue weighted by Gasteiger charge is -2.35. The van der Waals surface area contributed by atoms with Gasteiger partial charge in [0.25, 0.3) is 5.91 Å². The largest absolute Gasteiger partial charge is 0.483 e. The molecule has 0 fully saturated rings. The Balaban J connectivity index is 1.56. The Kier molecular flexibility index (Phi) is 4.83. The Morgan fingerprint density at radius 1 is 1.15 bits per heavy atom. The molecule has 1 aliphatic heterocycles. The number of carbonyl (C=O) groups excluding carboxylic acids is 1. The minimum Gasteiger partial charge on any atom is -0.483 e. The van der Waals surface area contributed by atoms with Gasteiger partial charge in [-0.2, -0.15) is 0 Å². The second-order valence-electron chi connectivity index (χ2n) is 6.54. The van der Waals surface area contributed by atoms with E-state index in [9.17, 15) is 4.79 Å². The predicted molar refractivity (Wildman–Crippen MR) is 107 cm³/mol. The van der Waals surface area contributed by atoms with Crippen molar-refractivity contribution in [3.05, 3.63) is 73.6 Å². The van der Waals surface area contributed by atoms with Crippen LogP contribution in [0.2, 0.25) is 0 Å².